The summed E-state index contributed by atoms with van der Waals surface area (Å²) in [5.41, 5.74) is 2.77. The van der Waals surface area contributed by atoms with E-state index >= 15 is 0 Å². The Morgan fingerprint density at radius 2 is 2.00 bits per heavy atom. The Balaban J connectivity index is 1.44. The maximum absolute atomic E-state index is 13.3. The van der Waals surface area contributed by atoms with Crippen molar-refractivity contribution in [2.75, 3.05) is 0 Å². The Labute approximate surface area is 146 Å². The van der Waals surface area contributed by atoms with Gasteiger partial charge in [0.1, 0.15) is 5.82 Å². The number of carbonyl (C=O) groups is 1. The molecule has 2 aromatic carbocycles. The van der Waals surface area contributed by atoms with Crippen LogP contribution < -0.4 is 10.6 Å². The SMILES string of the molecule is Cc1cccc(CNC2CC(NC(=O)c3cc(F)cc(Cl)c3)C2)c1. The van der Waals surface area contributed by atoms with Crippen LogP contribution in [0.2, 0.25) is 5.02 Å². The molecule has 1 aliphatic rings. The van der Waals surface area contributed by atoms with Crippen LogP contribution in [-0.2, 0) is 6.54 Å². The first-order valence-corrected chi connectivity index (χ1v) is 8.43. The molecule has 5 heteroatoms. The Kier molecular flexibility index (Phi) is 5.17. The average Bonchev–Trinajstić information content (AvgIpc) is 2.48. The van der Waals surface area contributed by atoms with Crippen molar-refractivity contribution in [3.63, 3.8) is 0 Å². The monoisotopic (exact) mass is 346 g/mol. The summed E-state index contributed by atoms with van der Waals surface area (Å²) in [7, 11) is 0. The van der Waals surface area contributed by atoms with Crippen molar-refractivity contribution in [3.8, 4) is 0 Å². The normalized spacial score (nSPS) is 19.6. The van der Waals surface area contributed by atoms with E-state index in [4.69, 9.17) is 11.6 Å². The summed E-state index contributed by atoms with van der Waals surface area (Å²) in [6.07, 6.45) is 1.75. The molecule has 1 saturated carbocycles. The van der Waals surface area contributed by atoms with Crippen molar-refractivity contribution in [1.82, 2.24) is 10.6 Å². The molecule has 0 atom stereocenters. The van der Waals surface area contributed by atoms with E-state index in [-0.39, 0.29) is 22.5 Å². The second-order valence-electron chi connectivity index (χ2n) is 6.37. The van der Waals surface area contributed by atoms with Crippen LogP contribution in [-0.4, -0.2) is 18.0 Å². The van der Waals surface area contributed by atoms with Crippen LogP contribution in [0.25, 0.3) is 0 Å². The fourth-order valence-electron chi connectivity index (χ4n) is 2.94. The van der Waals surface area contributed by atoms with Gasteiger partial charge in [0.25, 0.3) is 5.91 Å². The van der Waals surface area contributed by atoms with Crippen LogP contribution in [0, 0.1) is 12.7 Å². The van der Waals surface area contributed by atoms with Crippen LogP contribution in [0.4, 0.5) is 4.39 Å². The molecule has 126 valence electrons. The fourth-order valence-corrected chi connectivity index (χ4v) is 3.16. The zero-order valence-corrected chi connectivity index (χ0v) is 14.2. The van der Waals surface area contributed by atoms with Gasteiger partial charge in [-0.05, 0) is 43.5 Å². The van der Waals surface area contributed by atoms with E-state index in [1.807, 2.05) is 0 Å². The molecule has 0 spiro atoms. The average molecular weight is 347 g/mol. The Morgan fingerprint density at radius 3 is 2.71 bits per heavy atom. The molecule has 0 aromatic heterocycles. The fraction of sp³-hybridized carbons (Fsp3) is 0.316. The summed E-state index contributed by atoms with van der Waals surface area (Å²) in [5.74, 6) is -0.780. The Morgan fingerprint density at radius 1 is 1.21 bits per heavy atom. The first-order valence-electron chi connectivity index (χ1n) is 8.05. The van der Waals surface area contributed by atoms with E-state index in [0.717, 1.165) is 19.4 Å². The minimum atomic E-state index is -0.501. The maximum atomic E-state index is 13.3. The van der Waals surface area contributed by atoms with Gasteiger partial charge in [0, 0.05) is 29.2 Å². The number of hydrogen-bond acceptors (Lipinski definition) is 2. The molecule has 0 unspecified atom stereocenters. The molecule has 1 fully saturated rings. The molecule has 3 nitrogen and oxygen atoms in total. The van der Waals surface area contributed by atoms with E-state index in [9.17, 15) is 9.18 Å². The Hall–Kier alpha value is -1.91. The van der Waals surface area contributed by atoms with Gasteiger partial charge in [-0.2, -0.15) is 0 Å². The van der Waals surface area contributed by atoms with Gasteiger partial charge in [0.2, 0.25) is 0 Å². The minimum absolute atomic E-state index is 0.120. The van der Waals surface area contributed by atoms with E-state index < -0.39 is 5.82 Å². The molecule has 0 bridgehead atoms. The lowest BCUT2D eigenvalue weighted by molar-refractivity contribution is 0.0901. The number of hydrogen-bond donors (Lipinski definition) is 2. The smallest absolute Gasteiger partial charge is 0.251 e. The predicted molar refractivity (Wildman–Crippen MR) is 93.7 cm³/mol. The summed E-state index contributed by atoms with van der Waals surface area (Å²) in [6.45, 7) is 2.91. The van der Waals surface area contributed by atoms with Crippen LogP contribution in [0.1, 0.15) is 34.3 Å². The van der Waals surface area contributed by atoms with Crippen LogP contribution in [0.5, 0.6) is 0 Å². The highest BCUT2D eigenvalue weighted by atomic mass is 35.5. The quantitative estimate of drug-likeness (QED) is 0.863. The number of nitrogens with one attached hydrogen (secondary N) is 2. The zero-order valence-electron chi connectivity index (χ0n) is 13.5. The summed E-state index contributed by atoms with van der Waals surface area (Å²) in [6, 6.07) is 12.8. The topological polar surface area (TPSA) is 41.1 Å². The van der Waals surface area contributed by atoms with E-state index in [0.29, 0.717) is 6.04 Å². The second kappa shape index (κ2) is 7.32. The first kappa shape index (κ1) is 16.9. The molecule has 0 radical (unpaired) electrons. The highest BCUT2D eigenvalue weighted by Crippen LogP contribution is 2.22. The minimum Gasteiger partial charge on any atom is -0.349 e. The summed E-state index contributed by atoms with van der Waals surface area (Å²) in [5, 5.41) is 6.64. The lowest BCUT2D eigenvalue weighted by atomic mass is 9.86. The highest BCUT2D eigenvalue weighted by Gasteiger charge is 2.30. The molecular weight excluding hydrogens is 327 g/mol. The summed E-state index contributed by atoms with van der Waals surface area (Å²) < 4.78 is 13.3. The van der Waals surface area contributed by atoms with Crippen molar-refractivity contribution in [3.05, 3.63) is 70.0 Å². The predicted octanol–water partition coefficient (Wildman–Crippen LogP) is 3.84. The van der Waals surface area contributed by atoms with Crippen LogP contribution in [0.15, 0.2) is 42.5 Å². The van der Waals surface area contributed by atoms with Gasteiger partial charge in [-0.25, -0.2) is 4.39 Å². The highest BCUT2D eigenvalue weighted by molar-refractivity contribution is 6.31. The van der Waals surface area contributed by atoms with Crippen molar-refractivity contribution in [2.24, 2.45) is 0 Å². The molecule has 0 heterocycles. The van der Waals surface area contributed by atoms with Gasteiger partial charge in [-0.1, -0.05) is 41.4 Å². The molecule has 2 aromatic rings. The number of aryl methyl sites for hydroxylation is 1. The molecule has 0 saturated heterocycles. The van der Waals surface area contributed by atoms with E-state index in [1.165, 1.54) is 29.3 Å². The first-order chi connectivity index (χ1) is 11.5. The molecule has 3 rings (SSSR count). The van der Waals surface area contributed by atoms with Gasteiger partial charge in [-0.15, -0.1) is 0 Å². The van der Waals surface area contributed by atoms with Crippen LogP contribution in [0.3, 0.4) is 0 Å². The lowest BCUT2D eigenvalue weighted by Crippen LogP contribution is -2.52. The molecular formula is C19H20ClFN2O. The second-order valence-corrected chi connectivity index (χ2v) is 6.80. The van der Waals surface area contributed by atoms with Crippen molar-refractivity contribution in [2.45, 2.75) is 38.4 Å². The molecule has 2 N–H and O–H groups in total. The molecule has 0 aliphatic heterocycles. The van der Waals surface area contributed by atoms with E-state index in [1.54, 1.807) is 0 Å². The van der Waals surface area contributed by atoms with Crippen LogP contribution >= 0.6 is 11.6 Å². The van der Waals surface area contributed by atoms with Crippen molar-refractivity contribution >= 4 is 17.5 Å². The van der Waals surface area contributed by atoms with Gasteiger partial charge in [0.15, 0.2) is 0 Å². The molecule has 24 heavy (non-hydrogen) atoms. The number of benzene rings is 2. The molecule has 1 amide bonds. The van der Waals surface area contributed by atoms with Gasteiger partial charge in [-0.3, -0.25) is 4.79 Å². The van der Waals surface area contributed by atoms with Gasteiger partial charge in [0.05, 0.1) is 0 Å². The van der Waals surface area contributed by atoms with Gasteiger partial charge < -0.3 is 10.6 Å². The molecule has 1 aliphatic carbocycles. The zero-order chi connectivity index (χ0) is 17.1. The van der Waals surface area contributed by atoms with E-state index in [2.05, 4.69) is 41.8 Å². The largest absolute Gasteiger partial charge is 0.349 e. The lowest BCUT2D eigenvalue weighted by Gasteiger charge is -2.36. The third-order valence-electron chi connectivity index (χ3n) is 4.28. The number of carbonyl (C=O) groups excluding carboxylic acids is 1. The van der Waals surface area contributed by atoms with Gasteiger partial charge >= 0.3 is 0 Å². The standard InChI is InChI=1S/C19H20ClFN2O/c1-12-3-2-4-13(5-12)11-22-17-9-18(10-17)23-19(24)14-6-15(20)8-16(21)7-14/h2-8,17-18,22H,9-11H2,1H3,(H,23,24). The number of halogens is 2. The number of amides is 1. The number of rotatable bonds is 5. The maximum Gasteiger partial charge on any atom is 0.251 e. The third kappa shape index (κ3) is 4.34. The third-order valence-corrected chi connectivity index (χ3v) is 4.49. The summed E-state index contributed by atoms with van der Waals surface area (Å²) >= 11 is 5.78. The Bertz CT molecular complexity index is 724. The van der Waals surface area contributed by atoms with Crippen molar-refractivity contribution < 1.29 is 9.18 Å². The van der Waals surface area contributed by atoms with Crippen molar-refractivity contribution in [1.29, 1.82) is 0 Å². The summed E-state index contributed by atoms with van der Waals surface area (Å²) in [4.78, 5) is 12.1.